The number of carbonyl (C=O) groups is 1. The molecule has 0 radical (unpaired) electrons. The van der Waals surface area contributed by atoms with Crippen LogP contribution in [0.5, 0.6) is 0 Å². The van der Waals surface area contributed by atoms with Crippen molar-refractivity contribution in [3.63, 3.8) is 0 Å². The predicted octanol–water partition coefficient (Wildman–Crippen LogP) is 9.55. The van der Waals surface area contributed by atoms with E-state index in [1.807, 2.05) is 36.4 Å². The fourth-order valence-electron chi connectivity index (χ4n) is 3.68. The Hall–Kier alpha value is -4.05. The fraction of sp³-hybridized carbons (Fsp3) is 0.167. The van der Waals surface area contributed by atoms with Crippen molar-refractivity contribution in [1.29, 1.82) is 0 Å². The summed E-state index contributed by atoms with van der Waals surface area (Å²) >= 11 is 0. The fourth-order valence-corrected chi connectivity index (χ4v) is 3.68. The van der Waals surface area contributed by atoms with Crippen LogP contribution in [0.15, 0.2) is 66.7 Å². The van der Waals surface area contributed by atoms with Crippen molar-refractivity contribution < 1.29 is 61.7 Å². The van der Waals surface area contributed by atoms with Gasteiger partial charge in [0.15, 0.2) is 0 Å². The summed E-state index contributed by atoms with van der Waals surface area (Å²) < 4.78 is 119. The summed E-state index contributed by atoms with van der Waals surface area (Å²) in [7, 11) is -18.0. The van der Waals surface area contributed by atoms with Gasteiger partial charge < -0.3 is 56.9 Å². The van der Waals surface area contributed by atoms with E-state index in [1.165, 1.54) is 5.56 Å². The van der Waals surface area contributed by atoms with Gasteiger partial charge in [0.25, 0.3) is 0 Å². The first-order chi connectivity index (χ1) is 19.6. The second-order valence-corrected chi connectivity index (χ2v) is 8.44. The van der Waals surface area contributed by atoms with Gasteiger partial charge in [0.05, 0.1) is 16.6 Å². The molecule has 1 N–H and O–H groups in total. The van der Waals surface area contributed by atoms with Crippen LogP contribution in [0.2, 0.25) is 0 Å². The van der Waals surface area contributed by atoms with Crippen molar-refractivity contribution in [2.24, 2.45) is 0 Å². The first-order valence-electron chi connectivity index (χ1n) is 12.1. The molecule has 4 nitrogen and oxygen atoms in total. The van der Waals surface area contributed by atoms with E-state index in [1.54, 1.807) is 12.1 Å². The number of imidazole rings is 1. The Morgan fingerprint density at radius 2 is 1.23 bits per heavy atom. The number of carboxylic acids is 1. The zero-order valence-corrected chi connectivity index (χ0v) is 22.3. The molecule has 0 fully saturated rings. The third-order valence-corrected chi connectivity index (χ3v) is 5.02. The van der Waals surface area contributed by atoms with Gasteiger partial charge in [-0.1, -0.05) is 49.4 Å². The van der Waals surface area contributed by atoms with Crippen LogP contribution >= 0.6 is 0 Å². The molecule has 1 aromatic heterocycles. The van der Waals surface area contributed by atoms with Gasteiger partial charge in [0, 0.05) is 12.1 Å². The second kappa shape index (κ2) is 15.4. The number of carboxylic acid groups (broad SMARTS) is 1. The van der Waals surface area contributed by atoms with Crippen LogP contribution in [0.25, 0.3) is 27.8 Å². The maximum atomic E-state index is 11.5. The van der Waals surface area contributed by atoms with Crippen molar-refractivity contribution in [1.82, 2.24) is 9.55 Å². The monoisotopic (exact) mass is 631 g/mol. The van der Waals surface area contributed by atoms with Crippen molar-refractivity contribution in [2.75, 3.05) is 0 Å². The molecule has 236 valence electrons. The van der Waals surface area contributed by atoms with Gasteiger partial charge in [-0.2, -0.15) is 0 Å². The van der Waals surface area contributed by atoms with Crippen LogP contribution < -0.4 is 0 Å². The van der Waals surface area contributed by atoms with Crippen LogP contribution in [0.1, 0.15) is 35.1 Å². The summed E-state index contributed by atoms with van der Waals surface area (Å²) in [6.45, 7) is 4.24. The molecule has 19 heteroatoms. The molecule has 0 saturated heterocycles. The van der Waals surface area contributed by atoms with Gasteiger partial charge in [0.1, 0.15) is 5.82 Å². The minimum Gasteiger partial charge on any atom is -0.478 e. The van der Waals surface area contributed by atoms with E-state index in [0.29, 0.717) is 5.56 Å². The molecule has 0 atom stereocenters. The molecule has 0 unspecified atom stereocenters. The van der Waals surface area contributed by atoms with Gasteiger partial charge >= 0.3 is 27.7 Å². The lowest BCUT2D eigenvalue weighted by Crippen LogP contribution is -2.02. The van der Waals surface area contributed by atoms with Crippen LogP contribution in [0.4, 0.5) is 51.8 Å². The lowest BCUT2D eigenvalue weighted by atomic mass is 9.99. The van der Waals surface area contributed by atoms with Crippen molar-refractivity contribution >= 4 is 38.8 Å². The number of para-hydroxylation sites is 1. The van der Waals surface area contributed by atoms with E-state index in [0.717, 1.165) is 46.5 Å². The molecule has 0 amide bonds. The number of fused-ring (bicyclic) bond motifs is 1. The Morgan fingerprint density at radius 3 is 1.70 bits per heavy atom. The van der Waals surface area contributed by atoms with Crippen molar-refractivity contribution in [2.45, 2.75) is 26.7 Å². The third kappa shape index (κ3) is 14.6. The summed E-state index contributed by atoms with van der Waals surface area (Å²) in [5.74, 6) is 0.131. The van der Waals surface area contributed by atoms with Gasteiger partial charge in [-0.3, -0.25) is 4.57 Å². The Morgan fingerprint density at radius 1 is 0.744 bits per heavy atom. The van der Waals surface area contributed by atoms with Crippen LogP contribution in [-0.4, -0.2) is 42.4 Å². The molecule has 0 aliphatic carbocycles. The molecule has 0 aliphatic rings. The number of halogens is 12. The van der Waals surface area contributed by atoms with Crippen LogP contribution in [-0.2, 0) is 6.42 Å². The van der Waals surface area contributed by atoms with E-state index >= 15 is 0 Å². The molecule has 0 bridgehead atoms. The van der Waals surface area contributed by atoms with E-state index in [2.05, 4.69) is 36.6 Å². The molecule has 0 aliphatic heterocycles. The average molecular weight is 631 g/mol. The number of rotatable bonds is 5. The number of hydrogen-bond donors (Lipinski definition) is 1. The molecule has 4 aromatic rings. The minimum atomic E-state index is -6.00. The summed E-state index contributed by atoms with van der Waals surface area (Å²) in [5, 5.41) is 9.46. The Labute approximate surface area is 237 Å². The number of aryl methyl sites for hydroxylation is 2. The first kappa shape index (κ1) is 37.0. The Kier molecular flexibility index (Phi) is 13.3. The summed E-state index contributed by atoms with van der Waals surface area (Å²) in [5.41, 5.74) is 6.26. The maximum Gasteiger partial charge on any atom is 0.673 e. The quantitative estimate of drug-likeness (QED) is 0.177. The zero-order valence-electron chi connectivity index (χ0n) is 22.3. The molecular weight excluding hydrogens is 609 g/mol. The van der Waals surface area contributed by atoms with E-state index in [4.69, 9.17) is 4.98 Å². The molecule has 3 aromatic carbocycles. The second-order valence-electron chi connectivity index (χ2n) is 8.44. The van der Waals surface area contributed by atoms with Crippen molar-refractivity contribution in [3.8, 4) is 16.8 Å². The Bertz CT molecular complexity index is 1430. The normalized spacial score (nSPS) is 11.4. The van der Waals surface area contributed by atoms with Gasteiger partial charge in [0.2, 0.25) is 0 Å². The van der Waals surface area contributed by atoms with E-state index in [-0.39, 0.29) is 0 Å². The molecular formula is C24H22B3F12N2O2-3. The van der Waals surface area contributed by atoms with Gasteiger partial charge in [-0.15, -0.1) is 0 Å². The number of nitrogens with zero attached hydrogens (tertiary/aromatic N) is 2. The largest absolute Gasteiger partial charge is 0.673 e. The van der Waals surface area contributed by atoms with E-state index < -0.39 is 27.7 Å². The summed E-state index contributed by atoms with van der Waals surface area (Å²) in [6, 6.07) is 21.4. The zero-order chi connectivity index (χ0) is 33.2. The molecule has 4 rings (SSSR count). The molecule has 0 saturated carbocycles. The van der Waals surface area contributed by atoms with Gasteiger partial charge in [-0.25, -0.2) is 9.78 Å². The lowest BCUT2D eigenvalue weighted by Gasteiger charge is -2.11. The van der Waals surface area contributed by atoms with Crippen LogP contribution in [0, 0.1) is 6.92 Å². The highest BCUT2D eigenvalue weighted by Crippen LogP contribution is 2.28. The summed E-state index contributed by atoms with van der Waals surface area (Å²) in [6.07, 6.45) is 1.92. The van der Waals surface area contributed by atoms with Crippen molar-refractivity contribution in [3.05, 3.63) is 83.7 Å². The number of aromatic carboxylic acids is 1. The molecule has 0 spiro atoms. The SMILES string of the molecule is CCCc1nc2c(C)cccc2n1-c1ccc(-c2ccccc2C(=O)O)cc1.F[B-](F)(F)F.F[B-](F)(F)F.F[B-](F)(F)F. The third-order valence-electron chi connectivity index (χ3n) is 5.02. The highest BCUT2D eigenvalue weighted by molar-refractivity contribution is 6.50. The number of hydrogen-bond acceptors (Lipinski definition) is 2. The molecule has 43 heavy (non-hydrogen) atoms. The topological polar surface area (TPSA) is 55.1 Å². The highest BCUT2D eigenvalue weighted by atomic mass is 19.5. The summed E-state index contributed by atoms with van der Waals surface area (Å²) in [4.78, 5) is 16.4. The highest BCUT2D eigenvalue weighted by Gasteiger charge is 2.21. The lowest BCUT2D eigenvalue weighted by molar-refractivity contribution is 0.0697. The van der Waals surface area contributed by atoms with Gasteiger partial charge in [-0.05, 0) is 54.3 Å². The van der Waals surface area contributed by atoms with Crippen LogP contribution in [0.3, 0.4) is 0 Å². The van der Waals surface area contributed by atoms with E-state index in [9.17, 15) is 61.7 Å². The standard InChI is InChI=1S/C24H22N2O2.3BF4/c1-3-7-22-25-23-16(2)8-6-11-21(23)26(22)18-14-12-17(13-15-18)19-9-4-5-10-20(19)24(27)28;3*2-1(3,4)5/h4-6,8-15H,3,7H2,1-2H3,(H,27,28);;;/q;3*-1. The number of aromatic nitrogens is 2. The maximum absolute atomic E-state index is 11.5. The average Bonchev–Trinajstić information content (AvgIpc) is 3.21. The first-order valence-corrected chi connectivity index (χ1v) is 12.1. The smallest absolute Gasteiger partial charge is 0.478 e. The predicted molar refractivity (Wildman–Crippen MR) is 143 cm³/mol. The molecule has 1 heterocycles. The minimum absolute atomic E-state index is 0.311. The number of benzene rings is 3. The Balaban J connectivity index is 0.000000512.